The van der Waals surface area contributed by atoms with Crippen molar-refractivity contribution < 1.29 is 20.0 Å². The number of nitrogens with zero attached hydrogens (tertiary/aromatic N) is 2. The van der Waals surface area contributed by atoms with Gasteiger partial charge < -0.3 is 0 Å². The van der Waals surface area contributed by atoms with Gasteiger partial charge in [0.2, 0.25) is 0 Å². The Morgan fingerprint density at radius 3 is 1.60 bits per heavy atom. The number of carbonyl (C=O) groups is 2. The average Bonchev–Trinajstić information content (AvgIpc) is 1.93. The molecule has 0 bridgehead atoms. The molecule has 0 aliphatic carbocycles. The SMILES string of the molecule is O=C1C(=O)N(O)CCN1O. The van der Waals surface area contributed by atoms with Crippen LogP contribution in [0.3, 0.4) is 0 Å². The van der Waals surface area contributed by atoms with Gasteiger partial charge in [0.15, 0.2) is 0 Å². The Hall–Kier alpha value is -1.14. The van der Waals surface area contributed by atoms with Crippen LogP contribution in [-0.4, -0.2) is 45.4 Å². The summed E-state index contributed by atoms with van der Waals surface area (Å²) in [5, 5.41) is 17.7. The van der Waals surface area contributed by atoms with Gasteiger partial charge in [0.1, 0.15) is 0 Å². The summed E-state index contributed by atoms with van der Waals surface area (Å²) in [6, 6.07) is 0. The van der Waals surface area contributed by atoms with Crippen molar-refractivity contribution in [3.05, 3.63) is 0 Å². The molecule has 1 aliphatic heterocycles. The Morgan fingerprint density at radius 2 is 1.30 bits per heavy atom. The van der Waals surface area contributed by atoms with Crippen molar-refractivity contribution in [2.24, 2.45) is 0 Å². The minimum atomic E-state index is -1.10. The third-order valence-electron chi connectivity index (χ3n) is 1.18. The molecule has 0 atom stereocenters. The topological polar surface area (TPSA) is 81.1 Å². The largest absolute Gasteiger partial charge is 0.337 e. The summed E-state index contributed by atoms with van der Waals surface area (Å²) in [5.41, 5.74) is 0. The number of hydrogen-bond donors (Lipinski definition) is 2. The molecule has 6 heteroatoms. The summed E-state index contributed by atoms with van der Waals surface area (Å²) in [5.74, 6) is -2.21. The van der Waals surface area contributed by atoms with E-state index in [2.05, 4.69) is 0 Å². The molecule has 0 aromatic carbocycles. The van der Waals surface area contributed by atoms with Gasteiger partial charge in [-0.15, -0.1) is 0 Å². The van der Waals surface area contributed by atoms with Gasteiger partial charge in [0.25, 0.3) is 0 Å². The molecule has 0 spiro atoms. The van der Waals surface area contributed by atoms with Crippen LogP contribution in [0.1, 0.15) is 0 Å². The molecule has 10 heavy (non-hydrogen) atoms. The van der Waals surface area contributed by atoms with E-state index in [1.807, 2.05) is 0 Å². The normalized spacial score (nSPS) is 20.2. The average molecular weight is 146 g/mol. The van der Waals surface area contributed by atoms with E-state index in [1.165, 1.54) is 0 Å². The molecule has 0 aromatic rings. The lowest BCUT2D eigenvalue weighted by molar-refractivity contribution is -0.205. The summed E-state index contributed by atoms with van der Waals surface area (Å²) in [6.07, 6.45) is 0. The summed E-state index contributed by atoms with van der Waals surface area (Å²) >= 11 is 0. The second kappa shape index (κ2) is 2.24. The zero-order valence-corrected chi connectivity index (χ0v) is 5.02. The molecule has 0 aromatic heterocycles. The fourth-order valence-corrected chi connectivity index (χ4v) is 0.613. The van der Waals surface area contributed by atoms with Crippen LogP contribution >= 0.6 is 0 Å². The van der Waals surface area contributed by atoms with Crippen LogP contribution < -0.4 is 0 Å². The number of amides is 2. The van der Waals surface area contributed by atoms with E-state index in [4.69, 9.17) is 10.4 Å². The highest BCUT2D eigenvalue weighted by Gasteiger charge is 2.30. The lowest BCUT2D eigenvalue weighted by atomic mass is 10.4. The van der Waals surface area contributed by atoms with E-state index < -0.39 is 11.8 Å². The van der Waals surface area contributed by atoms with Crippen LogP contribution in [0.4, 0.5) is 0 Å². The molecule has 1 saturated heterocycles. The van der Waals surface area contributed by atoms with Crippen molar-refractivity contribution in [2.45, 2.75) is 0 Å². The number of hydrogen-bond acceptors (Lipinski definition) is 4. The zero-order valence-electron chi connectivity index (χ0n) is 5.02. The van der Waals surface area contributed by atoms with Crippen molar-refractivity contribution in [1.29, 1.82) is 0 Å². The van der Waals surface area contributed by atoms with Gasteiger partial charge in [-0.1, -0.05) is 0 Å². The highest BCUT2D eigenvalue weighted by molar-refractivity contribution is 6.34. The van der Waals surface area contributed by atoms with Crippen molar-refractivity contribution in [3.8, 4) is 0 Å². The summed E-state index contributed by atoms with van der Waals surface area (Å²) in [6.45, 7) is -0.109. The van der Waals surface area contributed by atoms with Gasteiger partial charge in [-0.25, -0.2) is 10.1 Å². The van der Waals surface area contributed by atoms with E-state index in [0.29, 0.717) is 0 Å². The molecule has 2 N–H and O–H groups in total. The number of rotatable bonds is 0. The Balaban J connectivity index is 2.70. The predicted octanol–water partition coefficient (Wildman–Crippen LogP) is -1.56. The molecular formula is C4H6N2O4. The first-order valence-corrected chi connectivity index (χ1v) is 2.64. The molecule has 6 nitrogen and oxygen atoms in total. The minimum Gasteiger partial charge on any atom is -0.285 e. The Morgan fingerprint density at radius 1 is 1.00 bits per heavy atom. The highest BCUT2D eigenvalue weighted by atomic mass is 16.5. The molecule has 1 fully saturated rings. The third-order valence-corrected chi connectivity index (χ3v) is 1.18. The van der Waals surface area contributed by atoms with Crippen molar-refractivity contribution in [3.63, 3.8) is 0 Å². The maximum absolute atomic E-state index is 10.5. The van der Waals surface area contributed by atoms with Crippen LogP contribution in [0.15, 0.2) is 0 Å². The van der Waals surface area contributed by atoms with Crippen LogP contribution in [0.25, 0.3) is 0 Å². The van der Waals surface area contributed by atoms with Gasteiger partial charge in [0.05, 0.1) is 13.1 Å². The standard InChI is InChI=1S/C4H6N2O4/c7-3-4(8)6(10)2-1-5(3)9/h9-10H,1-2H2. The van der Waals surface area contributed by atoms with Gasteiger partial charge in [-0.05, 0) is 0 Å². The van der Waals surface area contributed by atoms with Crippen molar-refractivity contribution >= 4 is 11.8 Å². The van der Waals surface area contributed by atoms with E-state index in [1.54, 1.807) is 0 Å². The molecule has 1 aliphatic rings. The fraction of sp³-hybridized carbons (Fsp3) is 0.500. The third kappa shape index (κ3) is 0.937. The van der Waals surface area contributed by atoms with E-state index in [9.17, 15) is 9.59 Å². The van der Waals surface area contributed by atoms with Gasteiger partial charge in [0, 0.05) is 0 Å². The van der Waals surface area contributed by atoms with Gasteiger partial charge in [-0.3, -0.25) is 20.0 Å². The first kappa shape index (κ1) is 6.97. The molecule has 0 saturated carbocycles. The number of piperazine rings is 1. The van der Waals surface area contributed by atoms with Crippen molar-refractivity contribution in [1.82, 2.24) is 10.1 Å². The maximum atomic E-state index is 10.5. The fourth-order valence-electron chi connectivity index (χ4n) is 0.613. The first-order chi connectivity index (χ1) is 4.63. The molecule has 1 rings (SSSR count). The number of hydroxylamine groups is 4. The number of carbonyl (C=O) groups excluding carboxylic acids is 2. The Labute approximate surface area is 56.2 Å². The minimum absolute atomic E-state index is 0.0545. The van der Waals surface area contributed by atoms with Crippen LogP contribution in [0.5, 0.6) is 0 Å². The lowest BCUT2D eigenvalue weighted by Gasteiger charge is -2.24. The molecule has 1 heterocycles. The molecule has 0 radical (unpaired) electrons. The molecule has 2 amide bonds. The summed E-state index contributed by atoms with van der Waals surface area (Å²) in [4.78, 5) is 20.9. The van der Waals surface area contributed by atoms with Crippen LogP contribution in [-0.2, 0) is 9.59 Å². The van der Waals surface area contributed by atoms with E-state index >= 15 is 0 Å². The highest BCUT2D eigenvalue weighted by Crippen LogP contribution is 1.97. The van der Waals surface area contributed by atoms with E-state index in [0.717, 1.165) is 0 Å². The smallest absolute Gasteiger partial charge is 0.285 e. The summed E-state index contributed by atoms with van der Waals surface area (Å²) in [7, 11) is 0. The lowest BCUT2D eigenvalue weighted by Crippen LogP contribution is -2.51. The van der Waals surface area contributed by atoms with Gasteiger partial charge >= 0.3 is 11.8 Å². The first-order valence-electron chi connectivity index (χ1n) is 2.64. The van der Waals surface area contributed by atoms with Gasteiger partial charge in [-0.2, -0.15) is 0 Å². The van der Waals surface area contributed by atoms with E-state index in [-0.39, 0.29) is 23.2 Å². The predicted molar refractivity (Wildman–Crippen MR) is 27.0 cm³/mol. The summed E-state index contributed by atoms with van der Waals surface area (Å²) < 4.78 is 0. The van der Waals surface area contributed by atoms with Crippen molar-refractivity contribution in [2.75, 3.05) is 13.1 Å². The Kier molecular flexibility index (Phi) is 1.56. The molecule has 56 valence electrons. The monoisotopic (exact) mass is 146 g/mol. The van der Waals surface area contributed by atoms with Crippen LogP contribution in [0.2, 0.25) is 0 Å². The second-order valence-corrected chi connectivity index (χ2v) is 1.86. The second-order valence-electron chi connectivity index (χ2n) is 1.86. The molecule has 0 unspecified atom stereocenters. The maximum Gasteiger partial charge on any atom is 0.337 e. The zero-order chi connectivity index (χ0) is 7.72. The van der Waals surface area contributed by atoms with Crippen LogP contribution in [0, 0.1) is 0 Å². The quantitative estimate of drug-likeness (QED) is 0.319. The Bertz CT molecular complexity index is 160. The molecular weight excluding hydrogens is 140 g/mol.